The number of rotatable bonds is 3. The first-order chi connectivity index (χ1) is 10.2. The molecule has 21 heavy (non-hydrogen) atoms. The summed E-state index contributed by atoms with van der Waals surface area (Å²) in [7, 11) is 0. The number of hydrogen-bond acceptors (Lipinski definition) is 2. The van der Waals surface area contributed by atoms with Crippen LogP contribution >= 0.6 is 0 Å². The minimum Gasteiger partial charge on any atom is -0.318 e. The third kappa shape index (κ3) is 2.41. The van der Waals surface area contributed by atoms with E-state index in [4.69, 9.17) is 0 Å². The van der Waals surface area contributed by atoms with E-state index in [1.165, 1.54) is 12.1 Å². The first kappa shape index (κ1) is 13.1. The zero-order valence-corrected chi connectivity index (χ0v) is 10.9. The lowest BCUT2D eigenvalue weighted by atomic mass is 10.2. The Morgan fingerprint density at radius 1 is 1.10 bits per heavy atom. The van der Waals surface area contributed by atoms with Gasteiger partial charge in [-0.2, -0.15) is 0 Å². The van der Waals surface area contributed by atoms with Gasteiger partial charge in [0.25, 0.3) is 5.91 Å². The lowest BCUT2D eigenvalue weighted by Crippen LogP contribution is -2.11. The largest absolute Gasteiger partial charge is 0.318 e. The van der Waals surface area contributed by atoms with E-state index in [1.54, 1.807) is 18.3 Å². The van der Waals surface area contributed by atoms with E-state index < -0.39 is 5.91 Å². The van der Waals surface area contributed by atoms with Crippen LogP contribution in [0, 0.1) is 5.82 Å². The molecule has 0 spiro atoms. The maximum atomic E-state index is 13.0. The number of fused-ring (bicyclic) bond motifs is 1. The zero-order chi connectivity index (χ0) is 14.8. The molecule has 104 valence electrons. The van der Waals surface area contributed by atoms with E-state index in [0.717, 1.165) is 16.6 Å². The smallest absolute Gasteiger partial charge is 0.288 e. The highest BCUT2D eigenvalue weighted by Gasteiger charge is 2.11. The summed E-state index contributed by atoms with van der Waals surface area (Å²) in [6, 6.07) is 13.5. The normalized spacial score (nSPS) is 10.5. The quantitative estimate of drug-likeness (QED) is 0.593. The van der Waals surface area contributed by atoms with E-state index in [0.29, 0.717) is 5.69 Å². The second-order valence-corrected chi connectivity index (χ2v) is 4.51. The predicted octanol–water partition coefficient (Wildman–Crippen LogP) is 2.91. The van der Waals surface area contributed by atoms with Crippen LogP contribution < -0.4 is 5.32 Å². The molecule has 3 rings (SSSR count). The maximum Gasteiger partial charge on any atom is 0.288 e. The van der Waals surface area contributed by atoms with Crippen molar-refractivity contribution in [2.24, 2.45) is 0 Å². The molecule has 0 fully saturated rings. The predicted molar refractivity (Wildman–Crippen MR) is 77.9 cm³/mol. The Bertz CT molecular complexity index is 822. The number of nitrogens with one attached hydrogen (secondary N) is 1. The number of aromatic nitrogens is 1. The van der Waals surface area contributed by atoms with Gasteiger partial charge < -0.3 is 9.88 Å². The van der Waals surface area contributed by atoms with Crippen LogP contribution in [0.3, 0.4) is 0 Å². The van der Waals surface area contributed by atoms with Crippen LogP contribution in [-0.4, -0.2) is 16.8 Å². The maximum absolute atomic E-state index is 13.0. The summed E-state index contributed by atoms with van der Waals surface area (Å²) < 4.78 is 14.9. The number of carbonyl (C=O) groups is 2. The van der Waals surface area contributed by atoms with Gasteiger partial charge in [-0.15, -0.1) is 0 Å². The Morgan fingerprint density at radius 3 is 2.52 bits per heavy atom. The fraction of sp³-hybridized carbons (Fsp3) is 0. The molecule has 0 aliphatic heterocycles. The summed E-state index contributed by atoms with van der Waals surface area (Å²) in [5, 5.41) is 3.34. The molecule has 1 N–H and O–H groups in total. The van der Waals surface area contributed by atoms with Gasteiger partial charge in [0, 0.05) is 17.3 Å². The van der Waals surface area contributed by atoms with Gasteiger partial charge in [-0.1, -0.05) is 18.2 Å². The van der Waals surface area contributed by atoms with E-state index in [-0.39, 0.29) is 12.1 Å². The summed E-state index contributed by atoms with van der Waals surface area (Å²) in [6.45, 7) is 0. The molecule has 1 aromatic heterocycles. The molecule has 1 heterocycles. The number of benzene rings is 2. The average molecular weight is 282 g/mol. The molecular weight excluding hydrogens is 271 g/mol. The fourth-order valence-electron chi connectivity index (χ4n) is 2.26. The Balaban J connectivity index is 2.17. The standard InChI is InChI=1S/C16H11FN2O2/c17-11-5-7-12(8-6-11)19-9-14(18-16(21)10-20)13-3-1-2-4-15(13)19/h1-10H,(H,18,21). The molecule has 1 amide bonds. The fourth-order valence-corrected chi connectivity index (χ4v) is 2.26. The molecule has 2 aromatic carbocycles. The van der Waals surface area contributed by atoms with Gasteiger partial charge in [-0.25, -0.2) is 4.39 Å². The molecule has 4 nitrogen and oxygen atoms in total. The van der Waals surface area contributed by atoms with E-state index in [9.17, 15) is 14.0 Å². The highest BCUT2D eigenvalue weighted by molar-refractivity contribution is 6.30. The summed E-state index contributed by atoms with van der Waals surface area (Å²) >= 11 is 0. The van der Waals surface area contributed by atoms with Crippen LogP contribution in [0.5, 0.6) is 0 Å². The third-order valence-electron chi connectivity index (χ3n) is 3.18. The van der Waals surface area contributed by atoms with Crippen LogP contribution in [0.15, 0.2) is 54.7 Å². The molecule has 5 heteroatoms. The van der Waals surface area contributed by atoms with Crippen LogP contribution in [0.1, 0.15) is 0 Å². The van der Waals surface area contributed by atoms with Gasteiger partial charge in [-0.3, -0.25) is 9.59 Å². The van der Waals surface area contributed by atoms with Crippen LogP contribution in [0.2, 0.25) is 0 Å². The summed E-state index contributed by atoms with van der Waals surface area (Å²) in [4.78, 5) is 21.8. The van der Waals surface area contributed by atoms with Gasteiger partial charge >= 0.3 is 0 Å². The Hall–Kier alpha value is -2.95. The number of amides is 1. The Morgan fingerprint density at radius 2 is 1.81 bits per heavy atom. The van der Waals surface area contributed by atoms with Gasteiger partial charge in [0.15, 0.2) is 0 Å². The van der Waals surface area contributed by atoms with Crippen LogP contribution in [0.4, 0.5) is 10.1 Å². The second kappa shape index (κ2) is 5.20. The van der Waals surface area contributed by atoms with Gasteiger partial charge in [0.1, 0.15) is 5.82 Å². The van der Waals surface area contributed by atoms with Crippen molar-refractivity contribution in [2.45, 2.75) is 0 Å². The molecule has 0 saturated heterocycles. The number of anilines is 1. The summed E-state index contributed by atoms with van der Waals surface area (Å²) in [5.41, 5.74) is 2.15. The van der Waals surface area contributed by atoms with Crippen molar-refractivity contribution in [3.8, 4) is 5.69 Å². The van der Waals surface area contributed by atoms with Crippen molar-refractivity contribution < 1.29 is 14.0 Å². The van der Waals surface area contributed by atoms with Crippen LogP contribution in [-0.2, 0) is 9.59 Å². The molecule has 0 bridgehead atoms. The van der Waals surface area contributed by atoms with Crippen molar-refractivity contribution in [1.29, 1.82) is 0 Å². The number of nitrogens with zero attached hydrogens (tertiary/aromatic N) is 1. The Labute approximate surface area is 119 Å². The topological polar surface area (TPSA) is 51.1 Å². The number of halogens is 1. The number of carbonyl (C=O) groups excluding carboxylic acids is 2. The number of aldehydes is 1. The van der Waals surface area contributed by atoms with Crippen molar-refractivity contribution >= 4 is 28.8 Å². The molecule has 0 aliphatic rings. The van der Waals surface area contributed by atoms with Crippen LogP contribution in [0.25, 0.3) is 16.6 Å². The van der Waals surface area contributed by atoms with Crippen molar-refractivity contribution in [2.75, 3.05) is 5.32 Å². The second-order valence-electron chi connectivity index (χ2n) is 4.51. The number of para-hydroxylation sites is 1. The summed E-state index contributed by atoms with van der Waals surface area (Å²) in [5.74, 6) is -1.03. The molecule has 0 radical (unpaired) electrons. The van der Waals surface area contributed by atoms with Gasteiger partial charge in [0.2, 0.25) is 6.29 Å². The molecular formula is C16H11FN2O2. The lowest BCUT2D eigenvalue weighted by Gasteiger charge is -2.04. The first-order valence-electron chi connectivity index (χ1n) is 6.31. The average Bonchev–Trinajstić information content (AvgIpc) is 2.87. The van der Waals surface area contributed by atoms with Crippen molar-refractivity contribution in [3.63, 3.8) is 0 Å². The van der Waals surface area contributed by atoms with Gasteiger partial charge in [-0.05, 0) is 30.3 Å². The minimum absolute atomic E-state index is 0.226. The third-order valence-corrected chi connectivity index (χ3v) is 3.18. The highest BCUT2D eigenvalue weighted by Crippen LogP contribution is 2.28. The monoisotopic (exact) mass is 282 g/mol. The van der Waals surface area contributed by atoms with Gasteiger partial charge in [0.05, 0.1) is 11.2 Å². The Kier molecular flexibility index (Phi) is 3.23. The first-order valence-corrected chi connectivity index (χ1v) is 6.31. The summed E-state index contributed by atoms with van der Waals surface area (Å²) in [6.07, 6.45) is 1.93. The molecule has 0 atom stereocenters. The van der Waals surface area contributed by atoms with Crippen molar-refractivity contribution in [1.82, 2.24) is 4.57 Å². The lowest BCUT2D eigenvalue weighted by molar-refractivity contribution is -0.127. The highest BCUT2D eigenvalue weighted by atomic mass is 19.1. The van der Waals surface area contributed by atoms with E-state index in [2.05, 4.69) is 5.32 Å². The zero-order valence-electron chi connectivity index (χ0n) is 10.9. The molecule has 0 saturated carbocycles. The SMILES string of the molecule is O=CC(=O)Nc1cn(-c2ccc(F)cc2)c2ccccc12. The van der Waals surface area contributed by atoms with E-state index in [1.807, 2.05) is 28.8 Å². The minimum atomic E-state index is -0.711. The van der Waals surface area contributed by atoms with Crippen molar-refractivity contribution in [3.05, 3.63) is 60.5 Å². The number of hydrogen-bond donors (Lipinski definition) is 1. The molecule has 0 unspecified atom stereocenters. The van der Waals surface area contributed by atoms with E-state index >= 15 is 0 Å². The molecule has 3 aromatic rings. The molecule has 0 aliphatic carbocycles.